The Hall–Kier alpha value is -1.29. The number of nitrogens with two attached hydrogens (primary N) is 1. The van der Waals surface area contributed by atoms with Gasteiger partial charge in [0.15, 0.2) is 0 Å². The van der Waals surface area contributed by atoms with E-state index in [0.29, 0.717) is 13.0 Å². The summed E-state index contributed by atoms with van der Waals surface area (Å²) in [6, 6.07) is 6.95. The summed E-state index contributed by atoms with van der Waals surface area (Å²) in [6.07, 6.45) is 0.652. The fourth-order valence-electron chi connectivity index (χ4n) is 1.92. The minimum absolute atomic E-state index is 0.224. The second kappa shape index (κ2) is 3.70. The van der Waals surface area contributed by atoms with E-state index in [0.717, 1.165) is 12.2 Å². The van der Waals surface area contributed by atoms with Crippen molar-refractivity contribution in [2.45, 2.75) is 12.0 Å². The van der Waals surface area contributed by atoms with Gasteiger partial charge in [0.1, 0.15) is 12.4 Å². The van der Waals surface area contributed by atoms with Crippen molar-refractivity contribution in [2.24, 2.45) is 5.73 Å². The molecule has 1 aliphatic heterocycles. The Bertz CT molecular complexity index is 358. The van der Waals surface area contributed by atoms with Gasteiger partial charge in [0.25, 0.3) is 0 Å². The highest BCUT2D eigenvalue weighted by atomic mass is 19.1. The van der Waals surface area contributed by atoms with Crippen LogP contribution in [0.1, 0.15) is 6.42 Å². The van der Waals surface area contributed by atoms with E-state index in [9.17, 15) is 9.50 Å². The number of hydrogen-bond donors (Lipinski definition) is 2. The van der Waals surface area contributed by atoms with E-state index in [-0.39, 0.29) is 5.75 Å². The quantitative estimate of drug-likeness (QED) is 0.772. The van der Waals surface area contributed by atoms with Crippen molar-refractivity contribution in [1.82, 2.24) is 0 Å². The zero-order valence-electron chi connectivity index (χ0n) is 8.49. The van der Waals surface area contributed by atoms with Gasteiger partial charge in [-0.25, -0.2) is 4.39 Å². The molecule has 3 N–H and O–H groups in total. The summed E-state index contributed by atoms with van der Waals surface area (Å²) in [4.78, 5) is 2.00. The molecule has 0 aliphatic carbocycles. The van der Waals surface area contributed by atoms with E-state index < -0.39 is 12.2 Å². The lowest BCUT2D eigenvalue weighted by Crippen LogP contribution is -2.44. The molecule has 0 saturated carbocycles. The fourth-order valence-corrected chi connectivity index (χ4v) is 1.92. The van der Waals surface area contributed by atoms with Crippen molar-refractivity contribution < 1.29 is 9.50 Å². The van der Waals surface area contributed by atoms with Crippen LogP contribution in [0.15, 0.2) is 24.3 Å². The Balaban J connectivity index is 2.14. The van der Waals surface area contributed by atoms with E-state index >= 15 is 0 Å². The minimum atomic E-state index is -0.717. The number of rotatable bonds is 2. The van der Waals surface area contributed by atoms with E-state index in [2.05, 4.69) is 0 Å². The van der Waals surface area contributed by atoms with Gasteiger partial charge in [0.05, 0.1) is 5.54 Å². The van der Waals surface area contributed by atoms with Crippen LogP contribution < -0.4 is 10.6 Å². The second-order valence-corrected chi connectivity index (χ2v) is 4.19. The first kappa shape index (κ1) is 10.2. The Morgan fingerprint density at radius 1 is 1.53 bits per heavy atom. The van der Waals surface area contributed by atoms with Crippen LogP contribution in [0.2, 0.25) is 0 Å². The first-order valence-corrected chi connectivity index (χ1v) is 5.02. The highest BCUT2D eigenvalue weighted by Gasteiger charge is 2.34. The topological polar surface area (TPSA) is 49.5 Å². The number of benzene rings is 1. The number of anilines is 1. The summed E-state index contributed by atoms with van der Waals surface area (Å²) in [6.45, 7) is 0.749. The van der Waals surface area contributed by atoms with Gasteiger partial charge in [-0.1, -0.05) is 6.07 Å². The van der Waals surface area contributed by atoms with Crippen molar-refractivity contribution in [2.75, 3.05) is 24.7 Å². The molecular weight excluding hydrogens is 195 g/mol. The van der Waals surface area contributed by atoms with Gasteiger partial charge in [0.2, 0.25) is 0 Å². The monoisotopic (exact) mass is 210 g/mol. The summed E-state index contributed by atoms with van der Waals surface area (Å²) in [7, 11) is 0. The third kappa shape index (κ3) is 2.04. The summed E-state index contributed by atoms with van der Waals surface area (Å²) in [5.74, 6) is 0.224. The first-order valence-electron chi connectivity index (χ1n) is 5.02. The van der Waals surface area contributed by atoms with Crippen LogP contribution in [0, 0.1) is 0 Å². The molecule has 1 fully saturated rings. The predicted octanol–water partition coefficient (Wildman–Crippen LogP) is 1.27. The molecule has 1 unspecified atom stereocenters. The highest BCUT2D eigenvalue weighted by molar-refractivity contribution is 5.51. The summed E-state index contributed by atoms with van der Waals surface area (Å²) in [5, 5.41) is 9.33. The number of aromatic hydroxyl groups is 1. The van der Waals surface area contributed by atoms with Crippen LogP contribution in [0.4, 0.5) is 10.1 Å². The van der Waals surface area contributed by atoms with Crippen LogP contribution in [0.3, 0.4) is 0 Å². The van der Waals surface area contributed by atoms with Gasteiger partial charge in [0, 0.05) is 24.8 Å². The van der Waals surface area contributed by atoms with Crippen molar-refractivity contribution in [1.29, 1.82) is 0 Å². The van der Waals surface area contributed by atoms with Crippen LogP contribution in [0.25, 0.3) is 0 Å². The lowest BCUT2D eigenvalue weighted by molar-refractivity contribution is 0.330. The molecule has 0 spiro atoms. The summed E-state index contributed by atoms with van der Waals surface area (Å²) in [5.41, 5.74) is 6.03. The highest BCUT2D eigenvalue weighted by Crippen LogP contribution is 2.27. The minimum Gasteiger partial charge on any atom is -0.508 e. The molecule has 4 heteroatoms. The maximum absolute atomic E-state index is 12.6. The van der Waals surface area contributed by atoms with E-state index in [4.69, 9.17) is 5.73 Å². The van der Waals surface area contributed by atoms with E-state index in [1.165, 1.54) is 0 Å². The molecule has 82 valence electrons. The first-order chi connectivity index (χ1) is 7.13. The average molecular weight is 210 g/mol. The molecule has 1 atom stereocenters. The van der Waals surface area contributed by atoms with Crippen molar-refractivity contribution in [3.8, 4) is 5.75 Å². The molecule has 0 bridgehead atoms. The van der Waals surface area contributed by atoms with Crippen LogP contribution in [-0.2, 0) is 0 Å². The van der Waals surface area contributed by atoms with Crippen molar-refractivity contribution >= 4 is 5.69 Å². The molecule has 1 saturated heterocycles. The molecule has 1 aromatic rings. The number of phenolic OH excluding ortho intramolecular Hbond substituents is 1. The molecule has 0 radical (unpaired) electrons. The molecule has 3 nitrogen and oxygen atoms in total. The van der Waals surface area contributed by atoms with Gasteiger partial charge in [-0.05, 0) is 18.6 Å². The van der Waals surface area contributed by atoms with Gasteiger partial charge >= 0.3 is 0 Å². The summed E-state index contributed by atoms with van der Waals surface area (Å²) < 4.78 is 12.6. The Kier molecular flexibility index (Phi) is 2.52. The van der Waals surface area contributed by atoms with Crippen LogP contribution in [0.5, 0.6) is 5.75 Å². The molecule has 2 rings (SSSR count). The van der Waals surface area contributed by atoms with Gasteiger partial charge in [-0.3, -0.25) is 0 Å². The normalized spacial score (nSPS) is 25.9. The standard InChI is InChI=1S/C11H15FN2O/c12-7-11(13)4-5-14(8-11)9-2-1-3-10(15)6-9/h1-3,6,15H,4-5,7-8,13H2. The van der Waals surface area contributed by atoms with Gasteiger partial charge in [-0.15, -0.1) is 0 Å². The number of halogens is 1. The van der Waals surface area contributed by atoms with E-state index in [1.54, 1.807) is 18.2 Å². The maximum atomic E-state index is 12.6. The lowest BCUT2D eigenvalue weighted by atomic mass is 10.0. The van der Waals surface area contributed by atoms with Crippen LogP contribution in [-0.4, -0.2) is 30.4 Å². The number of phenols is 1. The predicted molar refractivity (Wildman–Crippen MR) is 57.8 cm³/mol. The zero-order chi connectivity index (χ0) is 10.9. The molecule has 1 heterocycles. The number of alkyl halides is 1. The molecule has 1 aliphatic rings. The Morgan fingerprint density at radius 2 is 2.33 bits per heavy atom. The second-order valence-electron chi connectivity index (χ2n) is 4.19. The van der Waals surface area contributed by atoms with Gasteiger partial charge < -0.3 is 15.7 Å². The number of nitrogens with zero attached hydrogens (tertiary/aromatic N) is 1. The van der Waals surface area contributed by atoms with Crippen molar-refractivity contribution in [3.05, 3.63) is 24.3 Å². The zero-order valence-corrected chi connectivity index (χ0v) is 8.49. The van der Waals surface area contributed by atoms with E-state index in [1.807, 2.05) is 11.0 Å². The molecule has 15 heavy (non-hydrogen) atoms. The average Bonchev–Trinajstić information content (AvgIpc) is 2.62. The van der Waals surface area contributed by atoms with Crippen molar-refractivity contribution in [3.63, 3.8) is 0 Å². The molecular formula is C11H15FN2O. The molecule has 0 amide bonds. The number of hydrogen-bond acceptors (Lipinski definition) is 3. The Morgan fingerprint density at radius 3 is 2.93 bits per heavy atom. The molecule has 0 aromatic heterocycles. The SMILES string of the molecule is NC1(CF)CCN(c2cccc(O)c2)C1. The largest absolute Gasteiger partial charge is 0.508 e. The van der Waals surface area contributed by atoms with Gasteiger partial charge in [-0.2, -0.15) is 0 Å². The smallest absolute Gasteiger partial charge is 0.117 e. The van der Waals surface area contributed by atoms with Crippen LogP contribution >= 0.6 is 0 Å². The fraction of sp³-hybridized carbons (Fsp3) is 0.455. The maximum Gasteiger partial charge on any atom is 0.117 e. The third-order valence-corrected chi connectivity index (χ3v) is 2.85. The Labute approximate surface area is 88.3 Å². The summed E-state index contributed by atoms with van der Waals surface area (Å²) >= 11 is 0. The molecule has 1 aromatic carbocycles. The lowest BCUT2D eigenvalue weighted by Gasteiger charge is -2.22. The third-order valence-electron chi connectivity index (χ3n) is 2.85.